The summed E-state index contributed by atoms with van der Waals surface area (Å²) in [6.45, 7) is 11.7. The third kappa shape index (κ3) is 2.88. The molecule has 0 aliphatic heterocycles. The molecule has 2 rings (SSSR count). The van der Waals surface area contributed by atoms with Gasteiger partial charge < -0.3 is 15.4 Å². The van der Waals surface area contributed by atoms with Crippen molar-refractivity contribution in [1.29, 1.82) is 0 Å². The normalized spacial score (nSPS) is 12.3. The largest absolute Gasteiger partial charge is 0.478 e. The number of carboxylic acids is 1. The lowest BCUT2D eigenvalue weighted by molar-refractivity contribution is 0.0698. The molecule has 0 atom stereocenters. The molecule has 3 N–H and O–H groups in total. The number of nitrogens with two attached hydrogens (primary N) is 1. The van der Waals surface area contributed by atoms with Crippen molar-refractivity contribution in [1.82, 2.24) is 4.57 Å². The summed E-state index contributed by atoms with van der Waals surface area (Å²) < 4.78 is 1.99. The van der Waals surface area contributed by atoms with Crippen LogP contribution in [0.1, 0.15) is 62.0 Å². The van der Waals surface area contributed by atoms with Crippen LogP contribution in [-0.2, 0) is 12.0 Å². The number of hydrogen-bond donors (Lipinski definition) is 2. The molecule has 1 aromatic heterocycles. The maximum Gasteiger partial charge on any atom is 0.337 e. The van der Waals surface area contributed by atoms with Crippen LogP contribution in [0.4, 0.5) is 0 Å². The van der Waals surface area contributed by atoms with Crippen molar-refractivity contribution in [3.05, 3.63) is 35.0 Å². The molecule has 0 aliphatic carbocycles. The Kier molecular flexibility index (Phi) is 4.34. The maximum absolute atomic E-state index is 11.8. The monoisotopic (exact) mass is 302 g/mol. The second kappa shape index (κ2) is 5.76. The van der Waals surface area contributed by atoms with Crippen molar-refractivity contribution < 1.29 is 9.90 Å². The van der Waals surface area contributed by atoms with E-state index < -0.39 is 5.97 Å². The molecule has 2 aromatic rings. The molecule has 0 bridgehead atoms. The first-order valence-corrected chi connectivity index (χ1v) is 7.77. The SMILES string of the molecule is CC(C)c1cn(CCN)c2c(C(=O)O)cc(C(C)(C)C)cc12. The quantitative estimate of drug-likeness (QED) is 0.904. The number of hydrogen-bond acceptors (Lipinski definition) is 2. The zero-order chi connectivity index (χ0) is 16.7. The molecular formula is C18H26N2O2. The zero-order valence-electron chi connectivity index (χ0n) is 14.1. The Morgan fingerprint density at radius 1 is 1.32 bits per heavy atom. The topological polar surface area (TPSA) is 68.2 Å². The van der Waals surface area contributed by atoms with E-state index in [0.717, 1.165) is 16.5 Å². The summed E-state index contributed by atoms with van der Waals surface area (Å²) in [4.78, 5) is 11.8. The standard InChI is InChI=1S/C18H26N2O2/c1-11(2)15-10-20(7-6-19)16-13(15)8-12(18(3,4)5)9-14(16)17(21)22/h8-11H,6-7,19H2,1-5H3,(H,21,22). The van der Waals surface area contributed by atoms with E-state index in [-0.39, 0.29) is 5.41 Å². The highest BCUT2D eigenvalue weighted by atomic mass is 16.4. The number of carboxylic acid groups (broad SMARTS) is 1. The Bertz CT molecular complexity index is 706. The lowest BCUT2D eigenvalue weighted by Gasteiger charge is -2.21. The van der Waals surface area contributed by atoms with Gasteiger partial charge in [-0.05, 0) is 34.6 Å². The van der Waals surface area contributed by atoms with E-state index in [0.29, 0.717) is 24.6 Å². The van der Waals surface area contributed by atoms with Gasteiger partial charge in [0.1, 0.15) is 0 Å². The van der Waals surface area contributed by atoms with Gasteiger partial charge in [-0.2, -0.15) is 0 Å². The van der Waals surface area contributed by atoms with Crippen molar-refractivity contribution in [2.45, 2.75) is 52.5 Å². The number of aromatic nitrogens is 1. The number of rotatable bonds is 4. The van der Waals surface area contributed by atoms with Crippen LogP contribution in [0.25, 0.3) is 10.9 Å². The molecule has 0 saturated carbocycles. The molecule has 0 radical (unpaired) electrons. The fraction of sp³-hybridized carbons (Fsp3) is 0.500. The number of benzene rings is 1. The van der Waals surface area contributed by atoms with E-state index in [1.54, 1.807) is 0 Å². The molecular weight excluding hydrogens is 276 g/mol. The summed E-state index contributed by atoms with van der Waals surface area (Å²) in [5, 5.41) is 10.7. The van der Waals surface area contributed by atoms with Crippen molar-refractivity contribution in [2.75, 3.05) is 6.54 Å². The number of carbonyl (C=O) groups is 1. The first-order valence-electron chi connectivity index (χ1n) is 7.77. The van der Waals surface area contributed by atoms with E-state index in [9.17, 15) is 9.90 Å². The fourth-order valence-corrected chi connectivity index (χ4v) is 2.84. The Balaban J connectivity index is 2.90. The molecule has 0 saturated heterocycles. The zero-order valence-corrected chi connectivity index (χ0v) is 14.1. The molecule has 4 nitrogen and oxygen atoms in total. The Morgan fingerprint density at radius 3 is 2.41 bits per heavy atom. The molecule has 1 heterocycles. The van der Waals surface area contributed by atoms with Crippen molar-refractivity contribution in [3.63, 3.8) is 0 Å². The average Bonchev–Trinajstić information content (AvgIpc) is 2.76. The highest BCUT2D eigenvalue weighted by molar-refractivity contribution is 6.04. The fourth-order valence-electron chi connectivity index (χ4n) is 2.84. The first-order chi connectivity index (χ1) is 10.2. The number of fused-ring (bicyclic) bond motifs is 1. The maximum atomic E-state index is 11.8. The summed E-state index contributed by atoms with van der Waals surface area (Å²) in [5.41, 5.74) is 8.97. The first kappa shape index (κ1) is 16.6. The molecule has 4 heteroatoms. The van der Waals surface area contributed by atoms with Crippen molar-refractivity contribution in [3.8, 4) is 0 Å². The second-order valence-corrected chi connectivity index (χ2v) is 7.20. The third-order valence-electron chi connectivity index (χ3n) is 4.09. The Labute approximate surface area is 131 Å². The molecule has 1 aromatic carbocycles. The minimum atomic E-state index is -0.886. The lowest BCUT2D eigenvalue weighted by Crippen LogP contribution is -2.14. The van der Waals surface area contributed by atoms with Gasteiger partial charge >= 0.3 is 5.97 Å². The number of nitrogens with zero attached hydrogens (tertiary/aromatic N) is 1. The van der Waals surface area contributed by atoms with Gasteiger partial charge in [0, 0.05) is 24.7 Å². The molecule has 0 aliphatic rings. The van der Waals surface area contributed by atoms with E-state index in [1.807, 2.05) is 10.6 Å². The summed E-state index contributed by atoms with van der Waals surface area (Å²) in [6.07, 6.45) is 2.06. The van der Waals surface area contributed by atoms with Crippen LogP contribution in [0.5, 0.6) is 0 Å². The lowest BCUT2D eigenvalue weighted by atomic mass is 9.84. The molecule has 120 valence electrons. The molecule has 0 unspecified atom stereocenters. The van der Waals surface area contributed by atoms with E-state index in [2.05, 4.69) is 46.9 Å². The van der Waals surface area contributed by atoms with Crippen molar-refractivity contribution >= 4 is 16.9 Å². The highest BCUT2D eigenvalue weighted by Gasteiger charge is 2.23. The Hall–Kier alpha value is -1.81. The summed E-state index contributed by atoms with van der Waals surface area (Å²) >= 11 is 0. The summed E-state index contributed by atoms with van der Waals surface area (Å²) in [5.74, 6) is -0.554. The van der Waals surface area contributed by atoms with Crippen LogP contribution in [0.15, 0.2) is 18.3 Å². The smallest absolute Gasteiger partial charge is 0.337 e. The van der Waals surface area contributed by atoms with Gasteiger partial charge in [0.05, 0.1) is 11.1 Å². The van der Waals surface area contributed by atoms with Crippen LogP contribution < -0.4 is 5.73 Å². The van der Waals surface area contributed by atoms with Gasteiger partial charge in [-0.15, -0.1) is 0 Å². The molecule has 0 spiro atoms. The van der Waals surface area contributed by atoms with Gasteiger partial charge in [-0.1, -0.05) is 34.6 Å². The van der Waals surface area contributed by atoms with Crippen LogP contribution >= 0.6 is 0 Å². The van der Waals surface area contributed by atoms with Gasteiger partial charge in [0.15, 0.2) is 0 Å². The van der Waals surface area contributed by atoms with Crippen LogP contribution in [0, 0.1) is 0 Å². The van der Waals surface area contributed by atoms with Gasteiger partial charge in [0.2, 0.25) is 0 Å². The van der Waals surface area contributed by atoms with E-state index in [1.165, 1.54) is 5.56 Å². The van der Waals surface area contributed by atoms with Crippen LogP contribution in [0.3, 0.4) is 0 Å². The third-order valence-corrected chi connectivity index (χ3v) is 4.09. The van der Waals surface area contributed by atoms with Gasteiger partial charge in [-0.3, -0.25) is 0 Å². The second-order valence-electron chi connectivity index (χ2n) is 7.20. The minimum absolute atomic E-state index is 0.0946. The van der Waals surface area contributed by atoms with Crippen molar-refractivity contribution in [2.24, 2.45) is 5.73 Å². The predicted molar refractivity (Wildman–Crippen MR) is 90.7 cm³/mol. The van der Waals surface area contributed by atoms with Crippen LogP contribution in [0.2, 0.25) is 0 Å². The number of aromatic carboxylic acids is 1. The van der Waals surface area contributed by atoms with E-state index >= 15 is 0 Å². The highest BCUT2D eigenvalue weighted by Crippen LogP contribution is 2.34. The average molecular weight is 302 g/mol. The predicted octanol–water partition coefficient (Wildman–Crippen LogP) is 3.72. The minimum Gasteiger partial charge on any atom is -0.478 e. The molecule has 0 amide bonds. The Morgan fingerprint density at radius 2 is 1.95 bits per heavy atom. The molecule has 0 fully saturated rings. The van der Waals surface area contributed by atoms with Gasteiger partial charge in [-0.25, -0.2) is 4.79 Å². The van der Waals surface area contributed by atoms with Gasteiger partial charge in [0.25, 0.3) is 0 Å². The molecule has 22 heavy (non-hydrogen) atoms. The van der Waals surface area contributed by atoms with E-state index in [4.69, 9.17) is 5.73 Å². The summed E-state index contributed by atoms with van der Waals surface area (Å²) in [6, 6.07) is 3.95. The summed E-state index contributed by atoms with van der Waals surface area (Å²) in [7, 11) is 0. The van der Waals surface area contributed by atoms with Crippen LogP contribution in [-0.4, -0.2) is 22.2 Å².